The molecule has 0 saturated carbocycles. The van der Waals surface area contributed by atoms with Crippen LogP contribution >= 0.6 is 22.9 Å². The number of halogens is 1. The van der Waals surface area contributed by atoms with Crippen molar-refractivity contribution < 1.29 is 14.3 Å². The Kier molecular flexibility index (Phi) is 5.64. The Morgan fingerprint density at radius 2 is 1.90 bits per heavy atom. The van der Waals surface area contributed by atoms with Gasteiger partial charge in [-0.25, -0.2) is 4.79 Å². The average Bonchev–Trinajstić information content (AvgIpc) is 3.09. The fourth-order valence-corrected chi connectivity index (χ4v) is 4.17. The van der Waals surface area contributed by atoms with Crippen LogP contribution in [0.3, 0.4) is 0 Å². The van der Waals surface area contributed by atoms with E-state index in [4.69, 9.17) is 26.8 Å². The number of aromatic nitrogens is 3. The van der Waals surface area contributed by atoms with E-state index >= 15 is 0 Å². The molecule has 2 aromatic carbocycles. The second kappa shape index (κ2) is 8.52. The van der Waals surface area contributed by atoms with E-state index in [1.54, 1.807) is 13.2 Å². The molecule has 0 amide bonds. The third-order valence-corrected chi connectivity index (χ3v) is 5.76. The van der Waals surface area contributed by atoms with Gasteiger partial charge in [-0.1, -0.05) is 41.9 Å². The first-order valence-electron chi connectivity index (χ1n) is 8.80. The van der Waals surface area contributed by atoms with Gasteiger partial charge in [-0.05, 0) is 18.2 Å². The van der Waals surface area contributed by atoms with Crippen LogP contribution in [0.1, 0.15) is 15.5 Å². The summed E-state index contributed by atoms with van der Waals surface area (Å²) >= 11 is 7.60. The zero-order valence-electron chi connectivity index (χ0n) is 15.8. The summed E-state index contributed by atoms with van der Waals surface area (Å²) in [5, 5.41) is 4.20. The lowest BCUT2D eigenvalue weighted by molar-refractivity contribution is 0.0468. The third-order valence-electron chi connectivity index (χ3n) is 4.11. The molecule has 0 saturated heterocycles. The number of nitrogen functional groups attached to an aromatic ring is 1. The summed E-state index contributed by atoms with van der Waals surface area (Å²) in [6, 6.07) is 14.8. The van der Waals surface area contributed by atoms with Crippen molar-refractivity contribution in [1.29, 1.82) is 0 Å². The Bertz CT molecular complexity index is 1230. The number of para-hydroxylation sites is 2. The molecule has 2 aromatic heterocycles. The predicted octanol–water partition coefficient (Wildman–Crippen LogP) is 4.43. The number of nitrogens with one attached hydrogen (secondary N) is 1. The van der Waals surface area contributed by atoms with E-state index < -0.39 is 5.97 Å². The van der Waals surface area contributed by atoms with Gasteiger partial charge in [-0.2, -0.15) is 15.0 Å². The molecule has 3 N–H and O–H groups in total. The molecule has 0 fully saturated rings. The minimum atomic E-state index is -0.556. The molecular weight excluding hydrogens is 426 g/mol. The first kappa shape index (κ1) is 19.9. The summed E-state index contributed by atoms with van der Waals surface area (Å²) in [7, 11) is 1.56. The second-order valence-corrected chi connectivity index (χ2v) is 7.51. The van der Waals surface area contributed by atoms with Crippen molar-refractivity contribution in [3.8, 4) is 5.75 Å². The zero-order valence-corrected chi connectivity index (χ0v) is 17.3. The van der Waals surface area contributed by atoms with Gasteiger partial charge in [0.25, 0.3) is 0 Å². The van der Waals surface area contributed by atoms with Crippen LogP contribution in [-0.4, -0.2) is 28.0 Å². The fraction of sp³-hybridized carbons (Fsp3) is 0.100. The molecule has 0 aliphatic rings. The lowest BCUT2D eigenvalue weighted by Gasteiger charge is -2.10. The smallest absolute Gasteiger partial charge is 0.350 e. The van der Waals surface area contributed by atoms with Crippen LogP contribution < -0.4 is 15.8 Å². The molecule has 0 bridgehead atoms. The van der Waals surface area contributed by atoms with Crippen molar-refractivity contribution in [2.75, 3.05) is 18.2 Å². The molecule has 0 spiro atoms. The number of nitrogens with two attached hydrogens (primary N) is 1. The van der Waals surface area contributed by atoms with Gasteiger partial charge >= 0.3 is 5.97 Å². The molecular formula is C20H16ClN5O3S. The van der Waals surface area contributed by atoms with E-state index in [2.05, 4.69) is 20.3 Å². The van der Waals surface area contributed by atoms with Crippen molar-refractivity contribution in [3.05, 3.63) is 64.3 Å². The molecule has 4 aromatic rings. The number of anilines is 3. The van der Waals surface area contributed by atoms with E-state index in [-0.39, 0.29) is 24.3 Å². The van der Waals surface area contributed by atoms with Gasteiger partial charge in [-0.3, -0.25) is 0 Å². The Hall–Kier alpha value is -3.43. The fourth-order valence-electron chi connectivity index (χ4n) is 2.77. The van der Waals surface area contributed by atoms with Crippen molar-refractivity contribution in [1.82, 2.24) is 15.0 Å². The predicted molar refractivity (Wildman–Crippen MR) is 116 cm³/mol. The number of hydrogen-bond donors (Lipinski definition) is 2. The maximum atomic E-state index is 12.5. The van der Waals surface area contributed by atoms with Crippen molar-refractivity contribution in [2.24, 2.45) is 0 Å². The number of nitrogens with zero attached hydrogens (tertiary/aromatic N) is 3. The number of fused-ring (bicyclic) bond motifs is 1. The molecule has 8 nitrogen and oxygen atoms in total. The summed E-state index contributed by atoms with van der Waals surface area (Å²) in [5.74, 6) is 0.458. The average molecular weight is 442 g/mol. The maximum absolute atomic E-state index is 12.5. The van der Waals surface area contributed by atoms with Gasteiger partial charge in [0.1, 0.15) is 10.6 Å². The van der Waals surface area contributed by atoms with Crippen molar-refractivity contribution >= 4 is 56.6 Å². The highest BCUT2D eigenvalue weighted by molar-refractivity contribution is 7.21. The van der Waals surface area contributed by atoms with Crippen molar-refractivity contribution in [3.63, 3.8) is 0 Å². The first-order valence-corrected chi connectivity index (χ1v) is 9.99. The van der Waals surface area contributed by atoms with Gasteiger partial charge in [0, 0.05) is 10.1 Å². The number of hydrogen-bond acceptors (Lipinski definition) is 9. The Labute approximate surface area is 180 Å². The van der Waals surface area contributed by atoms with Gasteiger partial charge in [0.05, 0.1) is 17.8 Å². The standard InChI is InChI=1S/C20H16ClN5O3S/c1-28-13-8-4-3-7-12(13)23-20-25-15(24-19(22)26-20)10-29-18(27)17-16(21)11-6-2-5-9-14(11)30-17/h2-9H,10H2,1H3,(H3,22,23,24,25,26). The SMILES string of the molecule is COc1ccccc1Nc1nc(N)nc(COC(=O)c2sc3ccccc3c2Cl)n1. The van der Waals surface area contributed by atoms with Crippen LogP contribution in [0.15, 0.2) is 48.5 Å². The number of carbonyl (C=O) groups is 1. The zero-order chi connectivity index (χ0) is 21.1. The van der Waals surface area contributed by atoms with Gasteiger partial charge in [0.15, 0.2) is 12.4 Å². The van der Waals surface area contributed by atoms with Crippen LogP contribution in [0.5, 0.6) is 5.75 Å². The first-order chi connectivity index (χ1) is 14.5. The number of rotatable bonds is 6. The highest BCUT2D eigenvalue weighted by Crippen LogP contribution is 2.35. The van der Waals surface area contributed by atoms with E-state index in [0.29, 0.717) is 21.3 Å². The molecule has 0 aliphatic carbocycles. The summed E-state index contributed by atoms with van der Waals surface area (Å²) in [5.41, 5.74) is 6.44. The van der Waals surface area contributed by atoms with E-state index in [1.165, 1.54) is 11.3 Å². The summed E-state index contributed by atoms with van der Waals surface area (Å²) in [6.45, 7) is -0.184. The normalized spacial score (nSPS) is 10.7. The lowest BCUT2D eigenvalue weighted by atomic mass is 10.2. The molecule has 0 atom stereocenters. The third kappa shape index (κ3) is 4.12. The van der Waals surface area contributed by atoms with E-state index in [0.717, 1.165) is 10.1 Å². The van der Waals surface area contributed by atoms with Crippen LogP contribution in [0.2, 0.25) is 5.02 Å². The highest BCUT2D eigenvalue weighted by atomic mass is 35.5. The number of benzene rings is 2. The molecule has 0 aliphatic heterocycles. The molecule has 0 radical (unpaired) electrons. The van der Waals surface area contributed by atoms with Gasteiger partial charge in [0.2, 0.25) is 11.9 Å². The molecule has 152 valence electrons. The number of thiophene rings is 1. The number of ether oxygens (including phenoxy) is 2. The van der Waals surface area contributed by atoms with Crippen LogP contribution in [0.25, 0.3) is 10.1 Å². The van der Waals surface area contributed by atoms with Gasteiger partial charge < -0.3 is 20.5 Å². The minimum Gasteiger partial charge on any atom is -0.495 e. The van der Waals surface area contributed by atoms with Crippen LogP contribution in [-0.2, 0) is 11.3 Å². The molecule has 2 heterocycles. The number of carbonyl (C=O) groups excluding carboxylic acids is 1. The van der Waals surface area contributed by atoms with Gasteiger partial charge in [-0.15, -0.1) is 11.3 Å². The minimum absolute atomic E-state index is 0.00617. The Morgan fingerprint density at radius 3 is 2.70 bits per heavy atom. The Morgan fingerprint density at radius 1 is 1.13 bits per heavy atom. The number of esters is 1. The van der Waals surface area contributed by atoms with Crippen molar-refractivity contribution in [2.45, 2.75) is 6.61 Å². The summed E-state index contributed by atoms with van der Waals surface area (Å²) in [6.07, 6.45) is 0. The molecule has 10 heteroatoms. The number of methoxy groups -OCH3 is 1. The molecule has 30 heavy (non-hydrogen) atoms. The largest absolute Gasteiger partial charge is 0.495 e. The molecule has 0 unspecified atom stereocenters. The molecule has 4 rings (SSSR count). The van der Waals surface area contributed by atoms with Crippen LogP contribution in [0, 0.1) is 0 Å². The lowest BCUT2D eigenvalue weighted by Crippen LogP contribution is -2.11. The monoisotopic (exact) mass is 441 g/mol. The quantitative estimate of drug-likeness (QED) is 0.422. The highest BCUT2D eigenvalue weighted by Gasteiger charge is 2.19. The van der Waals surface area contributed by atoms with E-state index in [1.807, 2.05) is 42.5 Å². The topological polar surface area (TPSA) is 112 Å². The Balaban J connectivity index is 1.50. The van der Waals surface area contributed by atoms with Crippen LogP contribution in [0.4, 0.5) is 17.6 Å². The maximum Gasteiger partial charge on any atom is 0.350 e. The second-order valence-electron chi connectivity index (χ2n) is 6.08. The summed E-state index contributed by atoms with van der Waals surface area (Å²) in [4.78, 5) is 25.2. The van der Waals surface area contributed by atoms with E-state index in [9.17, 15) is 4.79 Å². The summed E-state index contributed by atoms with van der Waals surface area (Å²) < 4.78 is 11.6.